The van der Waals surface area contributed by atoms with Crippen molar-refractivity contribution in [3.05, 3.63) is 76.9 Å². The fourth-order valence-corrected chi connectivity index (χ4v) is 3.68. The molecule has 0 saturated heterocycles. The van der Waals surface area contributed by atoms with E-state index in [4.69, 9.17) is 0 Å². The Morgan fingerprint density at radius 2 is 1.83 bits per heavy atom. The van der Waals surface area contributed by atoms with Crippen molar-refractivity contribution in [2.75, 3.05) is 0 Å². The van der Waals surface area contributed by atoms with Crippen LogP contribution in [-0.2, 0) is 0 Å². The van der Waals surface area contributed by atoms with Gasteiger partial charge in [0.05, 0.1) is 11.2 Å². The quantitative estimate of drug-likeness (QED) is 0.283. The van der Waals surface area contributed by atoms with Crippen molar-refractivity contribution in [3.63, 3.8) is 0 Å². The fourth-order valence-electron chi connectivity index (χ4n) is 3.31. The third-order valence-corrected chi connectivity index (χ3v) is 5.30. The van der Waals surface area contributed by atoms with Gasteiger partial charge in [-0.25, -0.2) is 0 Å². The Hall–Kier alpha value is -3.78. The van der Waals surface area contributed by atoms with Crippen molar-refractivity contribution < 1.29 is 9.90 Å². The van der Waals surface area contributed by atoms with Crippen LogP contribution in [0.2, 0.25) is 0 Å². The molecule has 0 radical (unpaired) electrons. The molecule has 0 fully saturated rings. The first-order chi connectivity index (χ1) is 14.6. The lowest BCUT2D eigenvalue weighted by Gasteiger charge is -2.00. The second-order valence-corrected chi connectivity index (χ2v) is 7.66. The van der Waals surface area contributed by atoms with E-state index < -0.39 is 5.91 Å². The summed E-state index contributed by atoms with van der Waals surface area (Å²) >= 11 is 3.38. The second kappa shape index (κ2) is 7.23. The van der Waals surface area contributed by atoms with E-state index in [1.165, 1.54) is 0 Å². The third kappa shape index (κ3) is 3.27. The van der Waals surface area contributed by atoms with Gasteiger partial charge in [-0.1, -0.05) is 52.3 Å². The monoisotopic (exact) mass is 459 g/mol. The van der Waals surface area contributed by atoms with Crippen LogP contribution >= 0.6 is 15.9 Å². The zero-order chi connectivity index (χ0) is 20.7. The highest BCUT2D eigenvalue weighted by molar-refractivity contribution is 9.10. The SMILES string of the molecule is O=C(N=Nc1c(O)[nH]c2ccc(Br)cc12)c1cc(-c2ccc3ccccc3c2)n[nH]1. The minimum Gasteiger partial charge on any atom is -0.493 e. The molecule has 3 aromatic carbocycles. The molecule has 0 unspecified atom stereocenters. The van der Waals surface area contributed by atoms with E-state index >= 15 is 0 Å². The van der Waals surface area contributed by atoms with Crippen LogP contribution in [0.15, 0.2) is 81.4 Å². The summed E-state index contributed by atoms with van der Waals surface area (Å²) < 4.78 is 0.824. The predicted molar refractivity (Wildman–Crippen MR) is 118 cm³/mol. The number of carbonyl (C=O) groups excluding carboxylic acids is 1. The number of hydrogen-bond donors (Lipinski definition) is 3. The molecule has 0 aliphatic carbocycles. The molecule has 0 aliphatic rings. The topological polar surface area (TPSA) is 106 Å². The maximum atomic E-state index is 12.5. The normalized spacial score (nSPS) is 11.6. The van der Waals surface area contributed by atoms with E-state index in [9.17, 15) is 9.90 Å². The number of aromatic amines is 2. The molecule has 0 aliphatic heterocycles. The molecule has 2 aromatic heterocycles. The third-order valence-electron chi connectivity index (χ3n) is 4.81. The number of hydrogen-bond acceptors (Lipinski definition) is 4. The number of nitrogens with one attached hydrogen (secondary N) is 2. The number of fused-ring (bicyclic) bond motifs is 2. The van der Waals surface area contributed by atoms with Gasteiger partial charge in [-0.2, -0.15) is 5.10 Å². The van der Waals surface area contributed by atoms with Crippen molar-refractivity contribution in [2.24, 2.45) is 10.2 Å². The van der Waals surface area contributed by atoms with E-state index in [0.29, 0.717) is 16.6 Å². The summed E-state index contributed by atoms with van der Waals surface area (Å²) in [5.41, 5.74) is 2.63. The molecule has 7 nitrogen and oxygen atoms in total. The minimum atomic E-state index is -0.585. The summed E-state index contributed by atoms with van der Waals surface area (Å²) in [6.45, 7) is 0. The average Bonchev–Trinajstić information content (AvgIpc) is 3.36. The van der Waals surface area contributed by atoms with Gasteiger partial charge < -0.3 is 10.1 Å². The zero-order valence-corrected chi connectivity index (χ0v) is 17.0. The van der Waals surface area contributed by atoms with Gasteiger partial charge in [0, 0.05) is 15.4 Å². The molecule has 30 heavy (non-hydrogen) atoms. The van der Waals surface area contributed by atoms with E-state index in [-0.39, 0.29) is 17.3 Å². The highest BCUT2D eigenvalue weighted by Gasteiger charge is 2.14. The lowest BCUT2D eigenvalue weighted by atomic mass is 10.1. The highest BCUT2D eigenvalue weighted by atomic mass is 79.9. The molecule has 146 valence electrons. The minimum absolute atomic E-state index is 0.152. The summed E-state index contributed by atoms with van der Waals surface area (Å²) in [4.78, 5) is 15.3. The first-order valence-corrected chi connectivity index (χ1v) is 9.88. The Bertz CT molecular complexity index is 1450. The van der Waals surface area contributed by atoms with Gasteiger partial charge in [0.25, 0.3) is 0 Å². The van der Waals surface area contributed by atoms with Crippen LogP contribution in [0.25, 0.3) is 32.9 Å². The number of benzene rings is 3. The Kier molecular flexibility index (Phi) is 4.40. The summed E-state index contributed by atoms with van der Waals surface area (Å²) in [5, 5.41) is 27.6. The van der Waals surface area contributed by atoms with Crippen molar-refractivity contribution in [1.82, 2.24) is 15.2 Å². The predicted octanol–water partition coefficient (Wildman–Crippen LogP) is 6.10. The number of aromatic hydroxyl groups is 1. The Morgan fingerprint density at radius 3 is 2.70 bits per heavy atom. The Balaban J connectivity index is 1.43. The molecular weight excluding hydrogens is 446 g/mol. The van der Waals surface area contributed by atoms with Gasteiger partial charge in [0.2, 0.25) is 5.88 Å². The number of nitrogens with zero attached hydrogens (tertiary/aromatic N) is 3. The van der Waals surface area contributed by atoms with E-state index in [2.05, 4.69) is 41.3 Å². The van der Waals surface area contributed by atoms with Gasteiger partial charge in [0.1, 0.15) is 5.69 Å². The van der Waals surface area contributed by atoms with Crippen molar-refractivity contribution >= 4 is 49.2 Å². The summed E-state index contributed by atoms with van der Waals surface area (Å²) in [5.74, 6) is -0.737. The summed E-state index contributed by atoms with van der Waals surface area (Å²) in [6, 6.07) is 21.1. The molecule has 1 amide bonds. The first kappa shape index (κ1) is 18.3. The zero-order valence-electron chi connectivity index (χ0n) is 15.4. The molecular formula is C22H14BrN5O2. The Labute approximate surface area is 178 Å². The van der Waals surface area contributed by atoms with Crippen LogP contribution in [-0.4, -0.2) is 26.2 Å². The number of H-pyrrole nitrogens is 2. The number of amides is 1. The van der Waals surface area contributed by atoms with E-state index in [1.54, 1.807) is 18.2 Å². The van der Waals surface area contributed by atoms with Crippen LogP contribution < -0.4 is 0 Å². The number of halogens is 1. The smallest absolute Gasteiger partial charge is 0.313 e. The van der Waals surface area contributed by atoms with Gasteiger partial charge in [-0.15, -0.1) is 10.2 Å². The number of carbonyl (C=O) groups is 1. The summed E-state index contributed by atoms with van der Waals surface area (Å²) in [7, 11) is 0. The molecule has 0 atom stereocenters. The molecule has 0 saturated carbocycles. The van der Waals surface area contributed by atoms with Crippen molar-refractivity contribution in [1.29, 1.82) is 0 Å². The lowest BCUT2D eigenvalue weighted by Crippen LogP contribution is -1.93. The molecule has 2 heterocycles. The van der Waals surface area contributed by atoms with E-state index in [1.807, 2.05) is 48.5 Å². The molecule has 0 bridgehead atoms. The van der Waals surface area contributed by atoms with Gasteiger partial charge >= 0.3 is 5.91 Å². The molecule has 8 heteroatoms. The first-order valence-electron chi connectivity index (χ1n) is 9.09. The van der Waals surface area contributed by atoms with Crippen molar-refractivity contribution in [2.45, 2.75) is 0 Å². The second-order valence-electron chi connectivity index (χ2n) is 6.75. The maximum Gasteiger partial charge on any atom is 0.313 e. The van der Waals surface area contributed by atoms with Crippen LogP contribution in [0.3, 0.4) is 0 Å². The van der Waals surface area contributed by atoms with E-state index in [0.717, 1.165) is 20.8 Å². The van der Waals surface area contributed by atoms with Crippen LogP contribution in [0.5, 0.6) is 5.88 Å². The average molecular weight is 460 g/mol. The van der Waals surface area contributed by atoms with Crippen LogP contribution in [0, 0.1) is 0 Å². The van der Waals surface area contributed by atoms with Crippen LogP contribution in [0.4, 0.5) is 5.69 Å². The number of rotatable bonds is 3. The standard InChI is InChI=1S/C22H14BrN5O2/c23-15-7-8-17-16(10-15)20(22(30)24-17)27-28-21(29)19-11-18(25-26-19)14-6-5-12-3-1-2-4-13(12)9-14/h1-11,24,30H,(H,25,26). The molecule has 0 spiro atoms. The molecule has 3 N–H and O–H groups in total. The van der Waals surface area contributed by atoms with Gasteiger partial charge in [-0.05, 0) is 41.1 Å². The highest BCUT2D eigenvalue weighted by Crippen LogP contribution is 2.37. The fraction of sp³-hybridized carbons (Fsp3) is 0. The number of aromatic nitrogens is 3. The van der Waals surface area contributed by atoms with Gasteiger partial charge in [-0.3, -0.25) is 9.89 Å². The lowest BCUT2D eigenvalue weighted by molar-refractivity contribution is 0.0990. The summed E-state index contributed by atoms with van der Waals surface area (Å²) in [6.07, 6.45) is 0. The molecule has 5 aromatic rings. The maximum absolute atomic E-state index is 12.5. The molecule has 5 rings (SSSR count). The van der Waals surface area contributed by atoms with Gasteiger partial charge in [0.15, 0.2) is 5.69 Å². The largest absolute Gasteiger partial charge is 0.493 e. The van der Waals surface area contributed by atoms with Crippen molar-refractivity contribution in [3.8, 4) is 17.1 Å². The Morgan fingerprint density at radius 1 is 1.00 bits per heavy atom. The number of azo groups is 1. The van der Waals surface area contributed by atoms with Crippen LogP contribution in [0.1, 0.15) is 10.5 Å².